The molecule has 0 saturated carbocycles. The largest absolute Gasteiger partial charge is 0.352 e. The molecule has 112 valence electrons. The lowest BCUT2D eigenvalue weighted by Gasteiger charge is -2.26. The number of likely N-dealkylation sites (tertiary alicyclic amines) is 1. The maximum absolute atomic E-state index is 3.50. The van der Waals surface area contributed by atoms with Crippen LogP contribution in [0.2, 0.25) is 0 Å². The molecule has 3 heteroatoms. The van der Waals surface area contributed by atoms with Crippen LogP contribution in [0.25, 0.3) is 0 Å². The van der Waals surface area contributed by atoms with E-state index in [0.717, 1.165) is 6.54 Å². The van der Waals surface area contributed by atoms with E-state index in [-0.39, 0.29) is 0 Å². The van der Waals surface area contributed by atoms with E-state index in [1.54, 1.807) is 11.1 Å². The van der Waals surface area contributed by atoms with Gasteiger partial charge in [-0.05, 0) is 63.4 Å². The summed E-state index contributed by atoms with van der Waals surface area (Å²) in [6.07, 6.45) is 14.3. The van der Waals surface area contributed by atoms with E-state index in [4.69, 9.17) is 0 Å². The smallest absolute Gasteiger partial charge is 0.0347 e. The Kier molecular flexibility index (Phi) is 4.79. The summed E-state index contributed by atoms with van der Waals surface area (Å²) in [7, 11) is 2.10. The molecule has 1 aliphatic heterocycles. The molecule has 0 bridgehead atoms. The molecule has 0 spiro atoms. The van der Waals surface area contributed by atoms with Crippen molar-refractivity contribution in [3.63, 3.8) is 0 Å². The van der Waals surface area contributed by atoms with Crippen molar-refractivity contribution in [1.82, 2.24) is 14.8 Å². The van der Waals surface area contributed by atoms with E-state index in [2.05, 4.69) is 34.2 Å². The number of nitrogens with one attached hydrogen (secondary N) is 1. The molecule has 1 aliphatic carbocycles. The quantitative estimate of drug-likeness (QED) is 0.853. The molecule has 20 heavy (non-hydrogen) atoms. The Morgan fingerprint density at radius 1 is 1.05 bits per heavy atom. The average molecular weight is 275 g/mol. The molecule has 0 aromatic carbocycles. The summed E-state index contributed by atoms with van der Waals surface area (Å²) >= 11 is 0. The van der Waals surface area contributed by atoms with Gasteiger partial charge in [0.25, 0.3) is 0 Å². The highest BCUT2D eigenvalue weighted by atomic mass is 15.1. The van der Waals surface area contributed by atoms with Gasteiger partial charge in [-0.3, -0.25) is 0 Å². The highest BCUT2D eigenvalue weighted by molar-refractivity contribution is 5.29. The van der Waals surface area contributed by atoms with Crippen molar-refractivity contribution in [2.24, 2.45) is 0 Å². The Labute approximate surface area is 123 Å². The molecule has 1 aromatic rings. The van der Waals surface area contributed by atoms with E-state index in [1.165, 1.54) is 64.6 Å². The fourth-order valence-electron chi connectivity index (χ4n) is 3.78. The first-order chi connectivity index (χ1) is 9.86. The molecule has 0 amide bonds. The molecule has 2 aliphatic rings. The molecule has 1 aromatic heterocycles. The average Bonchev–Trinajstić information content (AvgIpc) is 2.80. The van der Waals surface area contributed by atoms with Gasteiger partial charge in [0.2, 0.25) is 0 Å². The van der Waals surface area contributed by atoms with Crippen molar-refractivity contribution in [3.05, 3.63) is 23.5 Å². The van der Waals surface area contributed by atoms with Gasteiger partial charge in [0, 0.05) is 31.5 Å². The lowest BCUT2D eigenvalue weighted by molar-refractivity contribution is 0.221. The fraction of sp³-hybridized carbons (Fsp3) is 0.765. The molecule has 1 atom stereocenters. The van der Waals surface area contributed by atoms with Crippen LogP contribution in [-0.2, 0) is 13.0 Å². The molecule has 1 unspecified atom stereocenters. The molecule has 1 N–H and O–H groups in total. The summed E-state index contributed by atoms with van der Waals surface area (Å²) in [6, 6.07) is 0.573. The summed E-state index contributed by atoms with van der Waals surface area (Å²) in [4.78, 5) is 2.63. The maximum Gasteiger partial charge on any atom is 0.0347 e. The molecule has 0 radical (unpaired) electrons. The fourth-order valence-corrected chi connectivity index (χ4v) is 3.78. The first-order valence-electron chi connectivity index (χ1n) is 8.45. The van der Waals surface area contributed by atoms with Gasteiger partial charge in [0.05, 0.1) is 0 Å². The molecular weight excluding hydrogens is 246 g/mol. The summed E-state index contributed by atoms with van der Waals surface area (Å²) in [5.41, 5.74) is 3.14. The SMILES string of the molecule is CNC1CCCCc2cn(CCN3CCCCC3)cc21. The summed E-state index contributed by atoms with van der Waals surface area (Å²) < 4.78 is 2.44. The second-order valence-electron chi connectivity index (χ2n) is 6.47. The van der Waals surface area contributed by atoms with Crippen molar-refractivity contribution in [1.29, 1.82) is 0 Å². The van der Waals surface area contributed by atoms with Gasteiger partial charge in [0.15, 0.2) is 0 Å². The summed E-state index contributed by atoms with van der Waals surface area (Å²) in [5, 5.41) is 3.50. The minimum atomic E-state index is 0.573. The van der Waals surface area contributed by atoms with E-state index in [9.17, 15) is 0 Å². The minimum absolute atomic E-state index is 0.573. The predicted octanol–water partition coefficient (Wildman–Crippen LogP) is 2.96. The van der Waals surface area contributed by atoms with Gasteiger partial charge < -0.3 is 14.8 Å². The minimum Gasteiger partial charge on any atom is -0.352 e. The number of hydrogen-bond acceptors (Lipinski definition) is 2. The van der Waals surface area contributed by atoms with Crippen LogP contribution in [0, 0.1) is 0 Å². The first kappa shape index (κ1) is 14.2. The van der Waals surface area contributed by atoms with Gasteiger partial charge in [-0.15, -0.1) is 0 Å². The van der Waals surface area contributed by atoms with Crippen LogP contribution in [0.4, 0.5) is 0 Å². The Bertz CT molecular complexity index is 418. The number of nitrogens with zero attached hydrogens (tertiary/aromatic N) is 2. The van der Waals surface area contributed by atoms with E-state index >= 15 is 0 Å². The maximum atomic E-state index is 3.50. The van der Waals surface area contributed by atoms with Gasteiger partial charge in [-0.1, -0.05) is 12.8 Å². The van der Waals surface area contributed by atoms with Gasteiger partial charge >= 0.3 is 0 Å². The summed E-state index contributed by atoms with van der Waals surface area (Å²) in [5.74, 6) is 0. The molecule has 1 fully saturated rings. The first-order valence-corrected chi connectivity index (χ1v) is 8.45. The molecular formula is C17H29N3. The van der Waals surface area contributed by atoms with Crippen molar-refractivity contribution in [3.8, 4) is 0 Å². The molecule has 2 heterocycles. The van der Waals surface area contributed by atoms with Crippen LogP contribution >= 0.6 is 0 Å². The Balaban J connectivity index is 1.62. The third-order valence-electron chi connectivity index (χ3n) is 5.03. The van der Waals surface area contributed by atoms with Gasteiger partial charge in [-0.25, -0.2) is 0 Å². The van der Waals surface area contributed by atoms with Crippen molar-refractivity contribution in [2.45, 2.75) is 57.5 Å². The normalized spacial score (nSPS) is 24.4. The topological polar surface area (TPSA) is 20.2 Å². The number of aryl methyl sites for hydroxylation is 1. The van der Waals surface area contributed by atoms with Crippen molar-refractivity contribution in [2.75, 3.05) is 26.7 Å². The second-order valence-corrected chi connectivity index (χ2v) is 6.47. The van der Waals surface area contributed by atoms with Crippen LogP contribution in [0.5, 0.6) is 0 Å². The van der Waals surface area contributed by atoms with Gasteiger partial charge in [-0.2, -0.15) is 0 Å². The van der Waals surface area contributed by atoms with Crippen LogP contribution < -0.4 is 5.32 Å². The van der Waals surface area contributed by atoms with E-state index in [1.807, 2.05) is 0 Å². The number of hydrogen-bond donors (Lipinski definition) is 1. The Morgan fingerprint density at radius 2 is 1.90 bits per heavy atom. The number of aromatic nitrogens is 1. The third-order valence-corrected chi connectivity index (χ3v) is 5.03. The van der Waals surface area contributed by atoms with Crippen LogP contribution in [0.1, 0.15) is 55.7 Å². The van der Waals surface area contributed by atoms with E-state index in [0.29, 0.717) is 6.04 Å². The number of piperidine rings is 1. The van der Waals surface area contributed by atoms with Crippen molar-refractivity contribution >= 4 is 0 Å². The zero-order valence-corrected chi connectivity index (χ0v) is 12.9. The lowest BCUT2D eigenvalue weighted by Crippen LogP contribution is -2.32. The summed E-state index contributed by atoms with van der Waals surface area (Å²) in [6.45, 7) is 4.99. The second kappa shape index (κ2) is 6.77. The standard InChI is InChI=1S/C17H29N3/c1-18-17-8-4-3-7-15-13-20(14-16(15)17)12-11-19-9-5-2-6-10-19/h13-14,17-18H,2-12H2,1H3. The molecule has 3 nitrogen and oxygen atoms in total. The van der Waals surface area contributed by atoms with Crippen LogP contribution in [0.15, 0.2) is 12.4 Å². The lowest BCUT2D eigenvalue weighted by atomic mass is 10.1. The Hall–Kier alpha value is -0.800. The number of rotatable bonds is 4. The van der Waals surface area contributed by atoms with Crippen LogP contribution in [0.3, 0.4) is 0 Å². The highest BCUT2D eigenvalue weighted by Gasteiger charge is 2.19. The van der Waals surface area contributed by atoms with E-state index < -0.39 is 0 Å². The Morgan fingerprint density at radius 3 is 2.70 bits per heavy atom. The van der Waals surface area contributed by atoms with Crippen molar-refractivity contribution < 1.29 is 0 Å². The predicted molar refractivity (Wildman–Crippen MR) is 84.1 cm³/mol. The zero-order chi connectivity index (χ0) is 13.8. The molecule has 1 saturated heterocycles. The highest BCUT2D eigenvalue weighted by Crippen LogP contribution is 2.29. The monoisotopic (exact) mass is 275 g/mol. The molecule has 3 rings (SSSR count). The van der Waals surface area contributed by atoms with Crippen LogP contribution in [-0.4, -0.2) is 36.1 Å². The third kappa shape index (κ3) is 3.26. The number of fused-ring (bicyclic) bond motifs is 1. The van der Waals surface area contributed by atoms with Gasteiger partial charge in [0.1, 0.15) is 0 Å². The zero-order valence-electron chi connectivity index (χ0n) is 12.9.